The van der Waals surface area contributed by atoms with Crippen molar-refractivity contribution in [3.05, 3.63) is 38.9 Å². The highest BCUT2D eigenvalue weighted by Crippen LogP contribution is 2.24. The molecule has 0 aliphatic carbocycles. The highest BCUT2D eigenvalue weighted by atomic mass is 35.5. The van der Waals surface area contributed by atoms with Crippen LogP contribution in [0.4, 0.5) is 5.69 Å². The number of nitro benzene ring substituents is 1. The van der Waals surface area contributed by atoms with Crippen molar-refractivity contribution in [1.82, 2.24) is 5.32 Å². The molecule has 0 fully saturated rings. The number of aliphatic hydroxyl groups excluding tert-OH is 1. The fourth-order valence-corrected chi connectivity index (χ4v) is 1.43. The zero-order chi connectivity index (χ0) is 12.0. The third-order valence-corrected chi connectivity index (χ3v) is 2.37. The number of hydrogen-bond donors (Lipinski definition) is 2. The van der Waals surface area contributed by atoms with Crippen LogP contribution in [0, 0.1) is 10.1 Å². The minimum absolute atomic E-state index is 0.0804. The third-order valence-electron chi connectivity index (χ3n) is 2.05. The molecule has 0 spiro atoms. The Kier molecular flexibility index (Phi) is 5.18. The molecule has 88 valence electrons. The average Bonchev–Trinajstić information content (AvgIpc) is 2.26. The molecule has 0 atom stereocenters. The second kappa shape index (κ2) is 6.42. The minimum atomic E-state index is -0.500. The van der Waals surface area contributed by atoms with E-state index in [1.54, 1.807) is 6.07 Å². The maximum atomic E-state index is 10.6. The topological polar surface area (TPSA) is 75.4 Å². The Morgan fingerprint density at radius 3 is 2.88 bits per heavy atom. The summed E-state index contributed by atoms with van der Waals surface area (Å²) < 4.78 is 0. The lowest BCUT2D eigenvalue weighted by Crippen LogP contribution is -2.15. The van der Waals surface area contributed by atoms with Crippen LogP contribution in [0.25, 0.3) is 0 Å². The number of hydrogen-bond acceptors (Lipinski definition) is 4. The van der Waals surface area contributed by atoms with E-state index in [1.165, 1.54) is 12.1 Å². The van der Waals surface area contributed by atoms with Gasteiger partial charge in [-0.15, -0.1) is 0 Å². The maximum Gasteiger partial charge on any atom is 0.288 e. The number of nitrogens with one attached hydrogen (secondary N) is 1. The van der Waals surface area contributed by atoms with Gasteiger partial charge in [-0.2, -0.15) is 0 Å². The van der Waals surface area contributed by atoms with Crippen LogP contribution in [0.1, 0.15) is 12.0 Å². The molecule has 6 heteroatoms. The Hall–Kier alpha value is -1.17. The number of benzene rings is 1. The Morgan fingerprint density at radius 2 is 2.25 bits per heavy atom. The Bertz CT molecular complexity index is 371. The number of rotatable bonds is 6. The summed E-state index contributed by atoms with van der Waals surface area (Å²) in [5.74, 6) is 0. The molecule has 0 aromatic heterocycles. The molecular weight excluding hydrogens is 232 g/mol. The van der Waals surface area contributed by atoms with Crippen molar-refractivity contribution < 1.29 is 10.0 Å². The van der Waals surface area contributed by atoms with Gasteiger partial charge in [0.2, 0.25) is 0 Å². The summed E-state index contributed by atoms with van der Waals surface area (Å²) in [4.78, 5) is 10.1. The molecule has 0 aliphatic heterocycles. The van der Waals surface area contributed by atoms with Crippen LogP contribution in [0.5, 0.6) is 0 Å². The number of nitro groups is 1. The van der Waals surface area contributed by atoms with Crippen LogP contribution in [-0.2, 0) is 6.54 Å². The fraction of sp³-hybridized carbons (Fsp3) is 0.400. The van der Waals surface area contributed by atoms with E-state index in [9.17, 15) is 10.1 Å². The van der Waals surface area contributed by atoms with Crippen LogP contribution in [0.3, 0.4) is 0 Å². The molecule has 0 radical (unpaired) electrons. The molecule has 0 heterocycles. The first kappa shape index (κ1) is 12.9. The molecule has 0 saturated heterocycles. The zero-order valence-corrected chi connectivity index (χ0v) is 9.41. The normalized spacial score (nSPS) is 10.4. The quantitative estimate of drug-likeness (QED) is 0.454. The van der Waals surface area contributed by atoms with Crippen molar-refractivity contribution >= 4 is 17.3 Å². The first-order valence-electron chi connectivity index (χ1n) is 4.89. The Labute approximate surface area is 98.2 Å². The number of aliphatic hydroxyl groups is 1. The van der Waals surface area contributed by atoms with E-state index in [0.29, 0.717) is 19.5 Å². The monoisotopic (exact) mass is 244 g/mol. The van der Waals surface area contributed by atoms with Gasteiger partial charge in [-0.3, -0.25) is 10.1 Å². The van der Waals surface area contributed by atoms with Crippen LogP contribution >= 0.6 is 11.6 Å². The van der Waals surface area contributed by atoms with Crippen molar-refractivity contribution in [3.8, 4) is 0 Å². The minimum Gasteiger partial charge on any atom is -0.396 e. The van der Waals surface area contributed by atoms with Gasteiger partial charge in [-0.05, 0) is 24.6 Å². The van der Waals surface area contributed by atoms with Crippen molar-refractivity contribution in [2.75, 3.05) is 13.2 Å². The second-order valence-electron chi connectivity index (χ2n) is 3.30. The standard InChI is InChI=1S/C10H13ClN2O3/c11-9-3-2-8(6-10(9)13(15)16)7-12-4-1-5-14/h2-3,6,12,14H,1,4-5,7H2. The van der Waals surface area contributed by atoms with E-state index >= 15 is 0 Å². The van der Waals surface area contributed by atoms with E-state index in [-0.39, 0.29) is 17.3 Å². The summed E-state index contributed by atoms with van der Waals surface area (Å²) >= 11 is 5.68. The van der Waals surface area contributed by atoms with Gasteiger partial charge in [-0.1, -0.05) is 17.7 Å². The van der Waals surface area contributed by atoms with Crippen molar-refractivity contribution in [3.63, 3.8) is 0 Å². The van der Waals surface area contributed by atoms with E-state index in [2.05, 4.69) is 5.32 Å². The first-order valence-corrected chi connectivity index (χ1v) is 5.27. The molecule has 0 bridgehead atoms. The van der Waals surface area contributed by atoms with E-state index in [0.717, 1.165) is 5.56 Å². The van der Waals surface area contributed by atoms with Crippen molar-refractivity contribution in [2.45, 2.75) is 13.0 Å². The molecule has 1 aromatic rings. The maximum absolute atomic E-state index is 10.6. The molecule has 0 saturated carbocycles. The SMILES string of the molecule is O=[N+]([O-])c1cc(CNCCCO)ccc1Cl. The summed E-state index contributed by atoms with van der Waals surface area (Å²) in [6.45, 7) is 1.33. The number of halogens is 1. The first-order chi connectivity index (χ1) is 7.65. The summed E-state index contributed by atoms with van der Waals surface area (Å²) in [6.07, 6.45) is 0.662. The summed E-state index contributed by atoms with van der Waals surface area (Å²) in [5, 5.41) is 22.4. The van der Waals surface area contributed by atoms with Gasteiger partial charge in [0.1, 0.15) is 5.02 Å². The van der Waals surface area contributed by atoms with E-state index < -0.39 is 4.92 Å². The lowest BCUT2D eigenvalue weighted by Gasteiger charge is -2.04. The average molecular weight is 245 g/mol. The van der Waals surface area contributed by atoms with Crippen molar-refractivity contribution in [2.24, 2.45) is 0 Å². The van der Waals surface area contributed by atoms with Gasteiger partial charge in [-0.25, -0.2) is 0 Å². The van der Waals surface area contributed by atoms with Gasteiger partial charge < -0.3 is 10.4 Å². The van der Waals surface area contributed by atoms with Gasteiger partial charge >= 0.3 is 0 Å². The smallest absolute Gasteiger partial charge is 0.288 e. The van der Waals surface area contributed by atoms with Gasteiger partial charge in [0, 0.05) is 19.2 Å². The lowest BCUT2D eigenvalue weighted by molar-refractivity contribution is -0.384. The molecule has 2 N–H and O–H groups in total. The second-order valence-corrected chi connectivity index (χ2v) is 3.70. The lowest BCUT2D eigenvalue weighted by atomic mass is 10.2. The molecule has 1 aromatic carbocycles. The molecule has 16 heavy (non-hydrogen) atoms. The predicted octanol–water partition coefficient (Wildman–Crippen LogP) is 1.72. The summed E-state index contributed by atoms with van der Waals surface area (Å²) in [7, 11) is 0. The molecule has 0 unspecified atom stereocenters. The van der Waals surface area contributed by atoms with Crippen LogP contribution in [0.15, 0.2) is 18.2 Å². The Balaban J connectivity index is 2.61. The highest BCUT2D eigenvalue weighted by Gasteiger charge is 2.12. The molecule has 0 aliphatic rings. The summed E-state index contributed by atoms with van der Waals surface area (Å²) in [5.41, 5.74) is 0.720. The van der Waals surface area contributed by atoms with Gasteiger partial charge in [0.25, 0.3) is 5.69 Å². The van der Waals surface area contributed by atoms with Crippen molar-refractivity contribution in [1.29, 1.82) is 0 Å². The fourth-order valence-electron chi connectivity index (χ4n) is 1.24. The molecular formula is C10H13ClN2O3. The molecule has 0 amide bonds. The molecule has 1 rings (SSSR count). The number of nitrogens with zero attached hydrogens (tertiary/aromatic N) is 1. The van der Waals surface area contributed by atoms with Crippen LogP contribution in [0.2, 0.25) is 5.02 Å². The predicted molar refractivity (Wildman–Crippen MR) is 61.5 cm³/mol. The largest absolute Gasteiger partial charge is 0.396 e. The van der Waals surface area contributed by atoms with Crippen LogP contribution < -0.4 is 5.32 Å². The third kappa shape index (κ3) is 3.77. The van der Waals surface area contributed by atoms with Crippen LogP contribution in [-0.4, -0.2) is 23.2 Å². The van der Waals surface area contributed by atoms with Gasteiger partial charge in [0.05, 0.1) is 4.92 Å². The molecule has 5 nitrogen and oxygen atoms in total. The van der Waals surface area contributed by atoms with Gasteiger partial charge in [0.15, 0.2) is 0 Å². The van der Waals surface area contributed by atoms with E-state index in [1.807, 2.05) is 0 Å². The Morgan fingerprint density at radius 1 is 1.50 bits per heavy atom. The highest BCUT2D eigenvalue weighted by molar-refractivity contribution is 6.32. The van der Waals surface area contributed by atoms with E-state index in [4.69, 9.17) is 16.7 Å². The zero-order valence-electron chi connectivity index (χ0n) is 8.65. The summed E-state index contributed by atoms with van der Waals surface area (Å²) in [6, 6.07) is 4.71.